The maximum absolute atomic E-state index is 12.0. The standard InChI is InChI=1S/C20H23N3O3/c1-15-22-18-5-3-4-6-19(18)23(15)13-12-21-20(24)11-14-26-17-9-7-16(25-2)8-10-17/h3-10H,11-14H2,1-2H3,(H,21,24). The van der Waals surface area contributed by atoms with Crippen molar-refractivity contribution in [2.75, 3.05) is 20.3 Å². The lowest BCUT2D eigenvalue weighted by Gasteiger charge is -2.10. The Morgan fingerprint density at radius 3 is 2.62 bits per heavy atom. The van der Waals surface area contributed by atoms with Gasteiger partial charge in [-0.15, -0.1) is 0 Å². The van der Waals surface area contributed by atoms with E-state index < -0.39 is 0 Å². The molecule has 3 aromatic rings. The van der Waals surface area contributed by atoms with Crippen LogP contribution in [-0.4, -0.2) is 35.7 Å². The molecule has 1 amide bonds. The van der Waals surface area contributed by atoms with Crippen LogP contribution in [0.1, 0.15) is 12.2 Å². The highest BCUT2D eigenvalue weighted by Crippen LogP contribution is 2.17. The van der Waals surface area contributed by atoms with Gasteiger partial charge in [-0.1, -0.05) is 12.1 Å². The number of hydrogen-bond donors (Lipinski definition) is 1. The second-order valence-corrected chi connectivity index (χ2v) is 5.92. The van der Waals surface area contributed by atoms with E-state index in [9.17, 15) is 4.79 Å². The third-order valence-corrected chi connectivity index (χ3v) is 4.16. The van der Waals surface area contributed by atoms with Gasteiger partial charge >= 0.3 is 0 Å². The molecule has 1 aromatic heterocycles. The molecule has 0 saturated heterocycles. The van der Waals surface area contributed by atoms with Gasteiger partial charge in [0.2, 0.25) is 5.91 Å². The number of aryl methyl sites for hydroxylation is 1. The normalized spacial score (nSPS) is 10.7. The zero-order valence-corrected chi connectivity index (χ0v) is 15.1. The van der Waals surface area contributed by atoms with Gasteiger partial charge in [0.1, 0.15) is 17.3 Å². The van der Waals surface area contributed by atoms with Gasteiger partial charge in [-0.05, 0) is 43.3 Å². The van der Waals surface area contributed by atoms with Gasteiger partial charge in [-0.25, -0.2) is 4.98 Å². The van der Waals surface area contributed by atoms with Crippen molar-refractivity contribution in [3.8, 4) is 11.5 Å². The molecule has 0 aliphatic rings. The number of fused-ring (bicyclic) bond motifs is 1. The smallest absolute Gasteiger partial charge is 0.223 e. The number of carbonyl (C=O) groups is 1. The summed E-state index contributed by atoms with van der Waals surface area (Å²) in [7, 11) is 1.62. The number of benzene rings is 2. The van der Waals surface area contributed by atoms with E-state index in [1.807, 2.05) is 55.5 Å². The molecule has 1 heterocycles. The van der Waals surface area contributed by atoms with Crippen molar-refractivity contribution in [2.45, 2.75) is 19.9 Å². The van der Waals surface area contributed by atoms with Crippen molar-refractivity contribution in [1.29, 1.82) is 0 Å². The number of para-hydroxylation sites is 2. The molecule has 3 rings (SSSR count). The monoisotopic (exact) mass is 353 g/mol. The summed E-state index contributed by atoms with van der Waals surface area (Å²) < 4.78 is 12.8. The predicted molar refractivity (Wildman–Crippen MR) is 101 cm³/mol. The Kier molecular flexibility index (Phi) is 5.73. The lowest BCUT2D eigenvalue weighted by Crippen LogP contribution is -2.28. The van der Waals surface area contributed by atoms with E-state index in [0.717, 1.165) is 28.4 Å². The fraction of sp³-hybridized carbons (Fsp3) is 0.300. The van der Waals surface area contributed by atoms with Gasteiger partial charge in [-0.2, -0.15) is 0 Å². The maximum Gasteiger partial charge on any atom is 0.223 e. The number of amides is 1. The Balaban J connectivity index is 1.41. The topological polar surface area (TPSA) is 65.4 Å². The van der Waals surface area contributed by atoms with Crippen LogP contribution >= 0.6 is 0 Å². The highest BCUT2D eigenvalue weighted by Gasteiger charge is 2.07. The molecule has 0 saturated carbocycles. The first kappa shape index (κ1) is 17.8. The van der Waals surface area contributed by atoms with Gasteiger partial charge in [-0.3, -0.25) is 4.79 Å². The number of rotatable bonds is 8. The number of methoxy groups -OCH3 is 1. The van der Waals surface area contributed by atoms with Crippen LogP contribution in [0.3, 0.4) is 0 Å². The van der Waals surface area contributed by atoms with Crippen molar-refractivity contribution in [1.82, 2.24) is 14.9 Å². The number of hydrogen-bond acceptors (Lipinski definition) is 4. The molecule has 0 radical (unpaired) electrons. The van der Waals surface area contributed by atoms with Gasteiger partial charge in [0, 0.05) is 13.1 Å². The molecule has 26 heavy (non-hydrogen) atoms. The Hall–Kier alpha value is -3.02. The lowest BCUT2D eigenvalue weighted by molar-refractivity contribution is -0.121. The highest BCUT2D eigenvalue weighted by atomic mass is 16.5. The van der Waals surface area contributed by atoms with Crippen LogP contribution in [0.2, 0.25) is 0 Å². The van der Waals surface area contributed by atoms with Crippen LogP contribution < -0.4 is 14.8 Å². The molecule has 1 N–H and O–H groups in total. The van der Waals surface area contributed by atoms with Crippen LogP contribution in [0.5, 0.6) is 11.5 Å². The summed E-state index contributed by atoms with van der Waals surface area (Å²) in [4.78, 5) is 16.5. The third kappa shape index (κ3) is 4.33. The Bertz CT molecular complexity index is 872. The highest BCUT2D eigenvalue weighted by molar-refractivity contribution is 5.76. The third-order valence-electron chi connectivity index (χ3n) is 4.16. The van der Waals surface area contributed by atoms with Gasteiger partial charge in [0.05, 0.1) is 31.2 Å². The largest absolute Gasteiger partial charge is 0.497 e. The van der Waals surface area contributed by atoms with Crippen molar-refractivity contribution in [3.05, 3.63) is 54.4 Å². The fourth-order valence-corrected chi connectivity index (χ4v) is 2.81. The van der Waals surface area contributed by atoms with E-state index in [1.54, 1.807) is 7.11 Å². The predicted octanol–water partition coefficient (Wildman–Crippen LogP) is 2.94. The summed E-state index contributed by atoms with van der Waals surface area (Å²) in [5.41, 5.74) is 2.06. The summed E-state index contributed by atoms with van der Waals surface area (Å²) in [6, 6.07) is 15.3. The SMILES string of the molecule is COc1ccc(OCCC(=O)NCCn2c(C)nc3ccccc32)cc1. The number of nitrogens with zero attached hydrogens (tertiary/aromatic N) is 2. The molecule has 0 atom stereocenters. The molecule has 2 aromatic carbocycles. The van der Waals surface area contributed by atoms with Crippen LogP contribution in [-0.2, 0) is 11.3 Å². The number of carbonyl (C=O) groups excluding carboxylic acids is 1. The molecule has 6 nitrogen and oxygen atoms in total. The molecule has 136 valence electrons. The second-order valence-electron chi connectivity index (χ2n) is 5.92. The van der Waals surface area contributed by atoms with Gasteiger partial charge in [0.25, 0.3) is 0 Å². The minimum absolute atomic E-state index is 0.0272. The summed E-state index contributed by atoms with van der Waals surface area (Å²) >= 11 is 0. The van der Waals surface area contributed by atoms with Crippen molar-refractivity contribution >= 4 is 16.9 Å². The maximum atomic E-state index is 12.0. The molecule has 0 fully saturated rings. The van der Waals surface area contributed by atoms with E-state index in [4.69, 9.17) is 9.47 Å². The summed E-state index contributed by atoms with van der Waals surface area (Å²) in [5.74, 6) is 2.42. The fourth-order valence-electron chi connectivity index (χ4n) is 2.81. The lowest BCUT2D eigenvalue weighted by atomic mass is 10.3. The van der Waals surface area contributed by atoms with Crippen molar-refractivity contribution < 1.29 is 14.3 Å². The zero-order chi connectivity index (χ0) is 18.4. The number of aromatic nitrogens is 2. The number of imidazole rings is 1. The Morgan fingerprint density at radius 1 is 1.12 bits per heavy atom. The van der Waals surface area contributed by atoms with Crippen molar-refractivity contribution in [3.63, 3.8) is 0 Å². The Morgan fingerprint density at radius 2 is 1.85 bits per heavy atom. The molecule has 6 heteroatoms. The summed E-state index contributed by atoms with van der Waals surface area (Å²) in [6.07, 6.45) is 0.315. The quantitative estimate of drug-likeness (QED) is 0.676. The molecule has 0 spiro atoms. The van der Waals surface area contributed by atoms with E-state index in [0.29, 0.717) is 26.1 Å². The van der Waals surface area contributed by atoms with Crippen LogP contribution in [0.4, 0.5) is 0 Å². The summed E-state index contributed by atoms with van der Waals surface area (Å²) in [6.45, 7) is 3.57. The first-order chi connectivity index (χ1) is 12.7. The first-order valence-corrected chi connectivity index (χ1v) is 8.63. The minimum atomic E-state index is -0.0272. The summed E-state index contributed by atoms with van der Waals surface area (Å²) in [5, 5.41) is 2.93. The average Bonchev–Trinajstić information content (AvgIpc) is 2.98. The second kappa shape index (κ2) is 8.38. The van der Waals surface area contributed by atoms with Crippen LogP contribution in [0.25, 0.3) is 11.0 Å². The van der Waals surface area contributed by atoms with E-state index in [2.05, 4.69) is 14.9 Å². The Labute approximate surface area is 152 Å². The number of ether oxygens (including phenoxy) is 2. The van der Waals surface area contributed by atoms with E-state index >= 15 is 0 Å². The molecular formula is C20H23N3O3. The molecule has 0 unspecified atom stereocenters. The average molecular weight is 353 g/mol. The van der Waals surface area contributed by atoms with Gasteiger partial charge < -0.3 is 19.4 Å². The first-order valence-electron chi connectivity index (χ1n) is 8.63. The van der Waals surface area contributed by atoms with E-state index in [-0.39, 0.29) is 5.91 Å². The molecular weight excluding hydrogens is 330 g/mol. The van der Waals surface area contributed by atoms with Crippen LogP contribution in [0, 0.1) is 6.92 Å². The molecule has 0 aliphatic carbocycles. The molecule has 0 bridgehead atoms. The van der Waals surface area contributed by atoms with Gasteiger partial charge in [0.15, 0.2) is 0 Å². The van der Waals surface area contributed by atoms with E-state index in [1.165, 1.54) is 0 Å². The van der Waals surface area contributed by atoms with Crippen molar-refractivity contribution in [2.24, 2.45) is 0 Å². The zero-order valence-electron chi connectivity index (χ0n) is 15.1. The van der Waals surface area contributed by atoms with Crippen LogP contribution in [0.15, 0.2) is 48.5 Å². The minimum Gasteiger partial charge on any atom is -0.497 e. The number of nitrogens with one attached hydrogen (secondary N) is 1. The molecule has 0 aliphatic heterocycles.